The average Bonchev–Trinajstić information content (AvgIpc) is 2.54. The molecule has 1 aromatic rings. The molecular formula is C11H13PSi. The molecule has 2 aliphatic rings. The van der Waals surface area contributed by atoms with Crippen LogP contribution >= 0.6 is 8.19 Å². The summed E-state index contributed by atoms with van der Waals surface area (Å²) in [6, 6.07) is 0. The summed E-state index contributed by atoms with van der Waals surface area (Å²) in [5.41, 5.74) is 1.66. The van der Waals surface area contributed by atoms with Crippen LogP contribution in [0.5, 0.6) is 0 Å². The maximum absolute atomic E-state index is 2.48. The van der Waals surface area contributed by atoms with Crippen LogP contribution in [0.25, 0.3) is 17.3 Å². The maximum Gasteiger partial charge on any atom is 0.115 e. The molecule has 0 aromatic carbocycles. The zero-order chi connectivity index (χ0) is 9.22. The highest BCUT2D eigenvalue weighted by Crippen LogP contribution is 2.35. The Kier molecular flexibility index (Phi) is 1.27. The van der Waals surface area contributed by atoms with E-state index in [1.54, 1.807) is 25.8 Å². The molecule has 13 heavy (non-hydrogen) atoms. The first-order chi connectivity index (χ1) is 6.16. The Balaban J connectivity index is 2.53. The first-order valence-electron chi connectivity index (χ1n) is 4.78. The minimum atomic E-state index is -1.13. The van der Waals surface area contributed by atoms with Crippen LogP contribution in [-0.2, 0) is 0 Å². The van der Waals surface area contributed by atoms with E-state index in [0.29, 0.717) is 0 Å². The minimum absolute atomic E-state index is 0.953. The highest BCUT2D eigenvalue weighted by atomic mass is 31.0. The Hall–Kier alpha value is -0.523. The molecule has 0 radical (unpaired) electrons. The van der Waals surface area contributed by atoms with Crippen LogP contribution in [0, 0.1) is 0 Å². The first kappa shape index (κ1) is 7.84. The number of rotatable bonds is 0. The lowest BCUT2D eigenvalue weighted by atomic mass is 10.3. The van der Waals surface area contributed by atoms with E-state index in [2.05, 4.69) is 38.2 Å². The molecular weight excluding hydrogens is 191 g/mol. The van der Waals surface area contributed by atoms with Gasteiger partial charge in [-0.05, 0) is 32.8 Å². The van der Waals surface area contributed by atoms with Gasteiger partial charge in [-0.1, -0.05) is 31.3 Å². The van der Waals surface area contributed by atoms with Crippen molar-refractivity contribution in [2.75, 3.05) is 0 Å². The Morgan fingerprint density at radius 3 is 2.77 bits per heavy atom. The number of hydrogen-bond acceptors (Lipinski definition) is 0. The molecule has 0 saturated carbocycles. The van der Waals surface area contributed by atoms with Gasteiger partial charge >= 0.3 is 0 Å². The second-order valence-electron chi connectivity index (χ2n) is 4.36. The van der Waals surface area contributed by atoms with Crippen molar-refractivity contribution < 1.29 is 0 Å². The summed E-state index contributed by atoms with van der Waals surface area (Å²) in [7, 11) is -0.172. The number of allylic oxidation sites excluding steroid dienone is 1. The lowest BCUT2D eigenvalue weighted by molar-refractivity contribution is 1.65. The second-order valence-corrected chi connectivity index (χ2v) is 9.98. The fraction of sp³-hybridized carbons (Fsp3) is 0.273. The fourth-order valence-electron chi connectivity index (χ4n) is 2.65. The summed E-state index contributed by atoms with van der Waals surface area (Å²) in [6.45, 7) is 7.14. The van der Waals surface area contributed by atoms with E-state index in [0.717, 1.165) is 8.19 Å². The smallest absolute Gasteiger partial charge is 0.115 e. The normalized spacial score (nSPS) is 22.7. The third-order valence-electron chi connectivity index (χ3n) is 3.33. The first-order valence-corrected chi connectivity index (χ1v) is 8.78. The van der Waals surface area contributed by atoms with Crippen LogP contribution in [0.4, 0.5) is 0 Å². The fourth-order valence-corrected chi connectivity index (χ4v) is 8.44. The molecule has 0 saturated heterocycles. The summed E-state index contributed by atoms with van der Waals surface area (Å²) < 4.78 is 0. The van der Waals surface area contributed by atoms with Crippen LogP contribution in [0.3, 0.4) is 0 Å². The van der Waals surface area contributed by atoms with Gasteiger partial charge in [0.2, 0.25) is 0 Å². The molecule has 66 valence electrons. The molecule has 1 unspecified atom stereocenters. The van der Waals surface area contributed by atoms with E-state index in [4.69, 9.17) is 0 Å². The van der Waals surface area contributed by atoms with Crippen LogP contribution in [-0.4, -0.2) is 8.07 Å². The SMILES string of the molecule is CC=c1[pH]c2c3c1[Si](C)(C)C3=CC=2. The van der Waals surface area contributed by atoms with Crippen molar-refractivity contribution in [2.24, 2.45) is 0 Å². The van der Waals surface area contributed by atoms with Gasteiger partial charge in [0.1, 0.15) is 8.07 Å². The minimum Gasteiger partial charge on any atom is -0.124 e. The molecule has 3 rings (SSSR count). The third-order valence-corrected chi connectivity index (χ3v) is 8.61. The van der Waals surface area contributed by atoms with Crippen molar-refractivity contribution in [3.8, 4) is 0 Å². The van der Waals surface area contributed by atoms with E-state index in [1.807, 2.05) is 0 Å². The molecule has 2 heterocycles. The third kappa shape index (κ3) is 0.696. The average molecular weight is 204 g/mol. The van der Waals surface area contributed by atoms with Crippen molar-refractivity contribution in [2.45, 2.75) is 20.0 Å². The van der Waals surface area contributed by atoms with Crippen LogP contribution in [0.15, 0.2) is 6.08 Å². The topological polar surface area (TPSA) is 0 Å². The van der Waals surface area contributed by atoms with Crippen molar-refractivity contribution in [3.63, 3.8) is 0 Å². The van der Waals surface area contributed by atoms with E-state index < -0.39 is 8.07 Å². The lowest BCUT2D eigenvalue weighted by Gasteiger charge is -2.36. The monoisotopic (exact) mass is 204 g/mol. The molecule has 0 spiro atoms. The van der Waals surface area contributed by atoms with E-state index in [-0.39, 0.29) is 0 Å². The van der Waals surface area contributed by atoms with E-state index in [9.17, 15) is 0 Å². The highest BCUT2D eigenvalue weighted by Gasteiger charge is 2.44. The van der Waals surface area contributed by atoms with Crippen molar-refractivity contribution in [1.29, 1.82) is 0 Å². The lowest BCUT2D eigenvalue weighted by Crippen LogP contribution is -2.59. The number of hydrogen-bond donors (Lipinski definition) is 0. The molecule has 1 aliphatic carbocycles. The van der Waals surface area contributed by atoms with Gasteiger partial charge in [0, 0.05) is 0 Å². The van der Waals surface area contributed by atoms with Gasteiger partial charge < -0.3 is 0 Å². The van der Waals surface area contributed by atoms with Crippen LogP contribution in [0.2, 0.25) is 13.1 Å². The Morgan fingerprint density at radius 1 is 1.31 bits per heavy atom. The van der Waals surface area contributed by atoms with Crippen LogP contribution < -0.4 is 15.1 Å². The standard InChI is InChI=1S/C11H13PSi/c1-4-7-11-10-8(12-7)5-6-9(10)13(11,2)3/h4-6,12H,1-3H3. The van der Waals surface area contributed by atoms with Gasteiger partial charge in [-0.25, -0.2) is 0 Å². The van der Waals surface area contributed by atoms with Crippen molar-refractivity contribution in [1.82, 2.24) is 0 Å². The van der Waals surface area contributed by atoms with Gasteiger partial charge in [-0.2, -0.15) is 0 Å². The quantitative estimate of drug-likeness (QED) is 0.556. The summed E-state index contributed by atoms with van der Waals surface area (Å²) in [4.78, 5) is 3.26. The summed E-state index contributed by atoms with van der Waals surface area (Å²) >= 11 is 0. The second kappa shape index (κ2) is 2.10. The van der Waals surface area contributed by atoms with Gasteiger partial charge in [-0.15, -0.1) is 8.19 Å². The Bertz CT molecular complexity index is 543. The molecule has 0 amide bonds. The highest BCUT2D eigenvalue weighted by molar-refractivity contribution is 7.31. The summed E-state index contributed by atoms with van der Waals surface area (Å²) in [5.74, 6) is 0. The van der Waals surface area contributed by atoms with Crippen molar-refractivity contribution >= 4 is 38.8 Å². The molecule has 0 fully saturated rings. The molecule has 1 atom stereocenters. The van der Waals surface area contributed by atoms with E-state index in [1.165, 1.54) is 0 Å². The van der Waals surface area contributed by atoms with Gasteiger partial charge in [0.15, 0.2) is 0 Å². The molecule has 0 bridgehead atoms. The Morgan fingerprint density at radius 2 is 2.08 bits per heavy atom. The molecule has 0 nitrogen and oxygen atoms in total. The summed E-state index contributed by atoms with van der Waals surface area (Å²) in [5, 5.41) is 3.48. The zero-order valence-corrected chi connectivity index (χ0v) is 10.2. The maximum atomic E-state index is 2.48. The van der Waals surface area contributed by atoms with Crippen molar-refractivity contribution in [3.05, 3.63) is 21.5 Å². The van der Waals surface area contributed by atoms with Crippen LogP contribution in [0.1, 0.15) is 12.5 Å². The molecule has 1 aliphatic heterocycles. The molecule has 0 N–H and O–H groups in total. The zero-order valence-electron chi connectivity index (χ0n) is 8.23. The van der Waals surface area contributed by atoms with Gasteiger partial charge in [0.25, 0.3) is 0 Å². The predicted octanol–water partition coefficient (Wildman–Crippen LogP) is 1.16. The van der Waals surface area contributed by atoms with Gasteiger partial charge in [0.05, 0.1) is 0 Å². The molecule has 1 aromatic heterocycles. The predicted molar refractivity (Wildman–Crippen MR) is 64.9 cm³/mol. The van der Waals surface area contributed by atoms with E-state index >= 15 is 0 Å². The largest absolute Gasteiger partial charge is 0.124 e. The Labute approximate surface area is 80.8 Å². The molecule has 2 heteroatoms. The summed E-state index contributed by atoms with van der Waals surface area (Å²) in [6.07, 6.45) is 7.05. The van der Waals surface area contributed by atoms with Gasteiger partial charge in [-0.3, -0.25) is 0 Å².